The molecule has 0 aliphatic carbocycles. The van der Waals surface area contributed by atoms with E-state index in [1.54, 1.807) is 6.07 Å². The summed E-state index contributed by atoms with van der Waals surface area (Å²) in [7, 11) is 0. The fourth-order valence-corrected chi connectivity index (χ4v) is 1.96. The zero-order valence-electron chi connectivity index (χ0n) is 14.7. The molecule has 0 saturated carbocycles. The Labute approximate surface area is 115 Å². The summed E-state index contributed by atoms with van der Waals surface area (Å²) in [6, 6.07) is 15.6. The van der Waals surface area contributed by atoms with Crippen molar-refractivity contribution in [3.63, 3.8) is 0 Å². The lowest BCUT2D eigenvalue weighted by molar-refractivity contribution is 1.58. The molecule has 0 fully saturated rings. The molecule has 0 nitrogen and oxygen atoms in total. The average molecular weight is 235 g/mol. The fraction of sp³-hybridized carbons (Fsp3) is 0. The van der Waals surface area contributed by atoms with Crippen LogP contribution in [-0.4, -0.2) is 0 Å². The predicted octanol–water partition coefficient (Wildman–Crippen LogP) is 5.02. The van der Waals surface area contributed by atoms with Crippen LogP contribution in [0.15, 0.2) is 84.8 Å². The normalized spacial score (nSPS) is 14.1. The van der Waals surface area contributed by atoms with Crippen LogP contribution in [0.5, 0.6) is 0 Å². The standard InChI is InChI=1S/C18H14/c1-3-9-15(10-4-1)17-13-7-8-14-18(17)16-11-5-2-6-12-16/h1-14H/i1D,3D,4D,9D,10D. The highest BCUT2D eigenvalue weighted by Gasteiger charge is 2.05. The molecule has 86 valence electrons. The number of hydrogen-bond donors (Lipinski definition) is 0. The van der Waals surface area contributed by atoms with Gasteiger partial charge in [0.25, 0.3) is 0 Å². The van der Waals surface area contributed by atoms with E-state index in [1.807, 2.05) is 48.5 Å². The van der Waals surface area contributed by atoms with Crippen molar-refractivity contribution in [1.82, 2.24) is 0 Å². The Morgan fingerprint density at radius 1 is 0.556 bits per heavy atom. The SMILES string of the molecule is [2H]c1c([2H])c([2H])c(-c2ccccc2-c2ccccc2)c([2H])c1[2H]. The maximum atomic E-state index is 8.16. The summed E-state index contributed by atoms with van der Waals surface area (Å²) < 4.78 is 39.7. The smallest absolute Gasteiger partial charge is 0.0622 e. The van der Waals surface area contributed by atoms with Gasteiger partial charge in [0.2, 0.25) is 0 Å². The molecule has 0 bridgehead atoms. The van der Waals surface area contributed by atoms with Gasteiger partial charge in [0.1, 0.15) is 0 Å². The number of benzene rings is 3. The summed E-state index contributed by atoms with van der Waals surface area (Å²) in [4.78, 5) is 0. The molecular weight excluding hydrogens is 216 g/mol. The molecule has 0 atom stereocenters. The van der Waals surface area contributed by atoms with Gasteiger partial charge < -0.3 is 0 Å². The van der Waals surface area contributed by atoms with Gasteiger partial charge in [-0.25, -0.2) is 0 Å². The third-order valence-corrected chi connectivity index (χ3v) is 2.78. The van der Waals surface area contributed by atoms with Crippen LogP contribution in [0.25, 0.3) is 22.3 Å². The molecule has 0 aromatic heterocycles. The van der Waals surface area contributed by atoms with E-state index in [9.17, 15) is 0 Å². The first kappa shape index (κ1) is 6.55. The van der Waals surface area contributed by atoms with E-state index in [1.165, 1.54) is 0 Å². The highest BCUT2D eigenvalue weighted by molar-refractivity contribution is 5.83. The van der Waals surface area contributed by atoms with Crippen LogP contribution in [0, 0.1) is 0 Å². The molecule has 0 radical (unpaired) electrons. The molecule has 3 aromatic carbocycles. The molecule has 0 heteroatoms. The van der Waals surface area contributed by atoms with Crippen molar-refractivity contribution in [2.24, 2.45) is 0 Å². The average Bonchev–Trinajstić information content (AvgIpc) is 2.60. The minimum atomic E-state index is -0.374. The molecule has 3 rings (SSSR count). The highest BCUT2D eigenvalue weighted by atomic mass is 14.1. The summed E-state index contributed by atoms with van der Waals surface area (Å²) in [5.74, 6) is 0. The number of rotatable bonds is 2. The summed E-state index contributed by atoms with van der Waals surface area (Å²) in [5, 5.41) is 0. The third kappa shape index (κ3) is 2.05. The van der Waals surface area contributed by atoms with Crippen molar-refractivity contribution < 1.29 is 6.85 Å². The topological polar surface area (TPSA) is 0 Å². The molecule has 0 spiro atoms. The summed E-state index contributed by atoms with van der Waals surface area (Å²) in [6.45, 7) is 0. The molecule has 0 heterocycles. The largest absolute Gasteiger partial charge is 0.0629 e. The fourth-order valence-electron chi connectivity index (χ4n) is 1.96. The first-order chi connectivity index (χ1) is 11.0. The Morgan fingerprint density at radius 3 is 1.78 bits per heavy atom. The van der Waals surface area contributed by atoms with Gasteiger partial charge in [0, 0.05) is 0 Å². The van der Waals surface area contributed by atoms with Gasteiger partial charge in [0.05, 0.1) is 6.85 Å². The maximum absolute atomic E-state index is 8.16. The first-order valence-electron chi connectivity index (χ1n) is 8.24. The van der Waals surface area contributed by atoms with Crippen LogP contribution in [-0.2, 0) is 0 Å². The van der Waals surface area contributed by atoms with Crippen LogP contribution in [0.2, 0.25) is 0 Å². The predicted molar refractivity (Wildman–Crippen MR) is 77.3 cm³/mol. The Morgan fingerprint density at radius 2 is 1.11 bits per heavy atom. The van der Waals surface area contributed by atoms with Crippen molar-refractivity contribution in [3.05, 3.63) is 84.8 Å². The second-order valence-electron chi connectivity index (χ2n) is 3.91. The highest BCUT2D eigenvalue weighted by Crippen LogP contribution is 2.31. The van der Waals surface area contributed by atoms with Crippen LogP contribution < -0.4 is 0 Å². The lowest BCUT2D eigenvalue weighted by Gasteiger charge is -2.09. The van der Waals surface area contributed by atoms with Crippen molar-refractivity contribution in [1.29, 1.82) is 0 Å². The molecule has 0 amide bonds. The molecule has 0 N–H and O–H groups in total. The van der Waals surface area contributed by atoms with Crippen LogP contribution in [0.4, 0.5) is 0 Å². The van der Waals surface area contributed by atoms with Gasteiger partial charge in [-0.3, -0.25) is 0 Å². The van der Waals surface area contributed by atoms with E-state index in [4.69, 9.17) is 6.85 Å². The summed E-state index contributed by atoms with van der Waals surface area (Å²) in [5.41, 5.74) is 2.65. The minimum Gasteiger partial charge on any atom is -0.0622 e. The zero-order chi connectivity index (χ0) is 16.6. The van der Waals surface area contributed by atoms with E-state index in [-0.39, 0.29) is 35.8 Å². The lowest BCUT2D eigenvalue weighted by Crippen LogP contribution is -1.83. The van der Waals surface area contributed by atoms with E-state index in [2.05, 4.69) is 0 Å². The number of hydrogen-bond acceptors (Lipinski definition) is 0. The maximum Gasteiger partial charge on any atom is 0.0629 e. The molecule has 18 heavy (non-hydrogen) atoms. The van der Waals surface area contributed by atoms with E-state index < -0.39 is 0 Å². The zero-order valence-corrected chi connectivity index (χ0v) is 9.70. The quantitative estimate of drug-likeness (QED) is 0.585. The lowest BCUT2D eigenvalue weighted by atomic mass is 9.95. The van der Waals surface area contributed by atoms with Gasteiger partial charge in [-0.05, 0) is 22.3 Å². The van der Waals surface area contributed by atoms with E-state index in [0.29, 0.717) is 5.56 Å². The van der Waals surface area contributed by atoms with Crippen molar-refractivity contribution in [3.8, 4) is 22.3 Å². The van der Waals surface area contributed by atoms with Crippen LogP contribution in [0.1, 0.15) is 6.85 Å². The molecule has 0 saturated heterocycles. The third-order valence-electron chi connectivity index (χ3n) is 2.78. The van der Waals surface area contributed by atoms with Crippen molar-refractivity contribution >= 4 is 0 Å². The summed E-state index contributed by atoms with van der Waals surface area (Å²) >= 11 is 0. The van der Waals surface area contributed by atoms with Crippen LogP contribution in [0.3, 0.4) is 0 Å². The molecule has 0 unspecified atom stereocenters. The Bertz CT molecular complexity index is 843. The minimum absolute atomic E-state index is 0.181. The second-order valence-corrected chi connectivity index (χ2v) is 3.91. The molecule has 3 aromatic rings. The van der Waals surface area contributed by atoms with Gasteiger partial charge in [-0.2, -0.15) is 0 Å². The van der Waals surface area contributed by atoms with Crippen molar-refractivity contribution in [2.75, 3.05) is 0 Å². The van der Waals surface area contributed by atoms with Gasteiger partial charge in [0.15, 0.2) is 0 Å². The summed E-state index contributed by atoms with van der Waals surface area (Å²) in [6.07, 6.45) is 0. The van der Waals surface area contributed by atoms with Gasteiger partial charge >= 0.3 is 0 Å². The molecule has 0 aliphatic heterocycles. The monoisotopic (exact) mass is 235 g/mol. The second kappa shape index (κ2) is 4.89. The van der Waals surface area contributed by atoms with Gasteiger partial charge in [-0.15, -0.1) is 0 Å². The van der Waals surface area contributed by atoms with Crippen molar-refractivity contribution in [2.45, 2.75) is 0 Å². The van der Waals surface area contributed by atoms with Gasteiger partial charge in [-0.1, -0.05) is 84.8 Å². The molecule has 0 aliphatic rings. The Hall–Kier alpha value is -2.34. The van der Waals surface area contributed by atoms with Crippen LogP contribution >= 0.6 is 0 Å². The van der Waals surface area contributed by atoms with E-state index >= 15 is 0 Å². The Balaban J connectivity index is 2.34. The Kier molecular flexibility index (Phi) is 1.78. The van der Waals surface area contributed by atoms with E-state index in [0.717, 1.165) is 11.1 Å². The molecular formula is C18H14. The first-order valence-corrected chi connectivity index (χ1v) is 5.74.